The molecule has 1 N–H and O–H groups in total. The number of carbonyl (C=O) groups excluding carboxylic acids is 1. The number of halogens is 4. The van der Waals surface area contributed by atoms with Gasteiger partial charge >= 0.3 is 6.18 Å². The fourth-order valence-corrected chi connectivity index (χ4v) is 1.80. The molecule has 0 fully saturated rings. The Morgan fingerprint density at radius 3 is 2.35 bits per heavy atom. The van der Waals surface area contributed by atoms with Crippen LogP contribution in [0.25, 0.3) is 0 Å². The van der Waals surface area contributed by atoms with Crippen molar-refractivity contribution < 1.29 is 27.1 Å². The first-order valence-corrected chi connectivity index (χ1v) is 6.66. The minimum Gasteiger partial charge on any atom is -0.488 e. The molecule has 0 radical (unpaired) electrons. The number of hydrogen-bond acceptors (Lipinski definition) is 2. The third-order valence-corrected chi connectivity index (χ3v) is 2.89. The minimum absolute atomic E-state index is 0.00105. The van der Waals surface area contributed by atoms with Gasteiger partial charge in [-0.3, -0.25) is 4.79 Å². The lowest BCUT2D eigenvalue weighted by Gasteiger charge is -2.12. The van der Waals surface area contributed by atoms with Gasteiger partial charge in [0.1, 0.15) is 24.7 Å². The van der Waals surface area contributed by atoms with E-state index < -0.39 is 18.6 Å². The van der Waals surface area contributed by atoms with E-state index in [1.54, 1.807) is 11.4 Å². The number of alkyl halides is 3. The molecule has 2 rings (SSSR count). The fourth-order valence-electron chi connectivity index (χ4n) is 1.80. The summed E-state index contributed by atoms with van der Waals surface area (Å²) in [6, 6.07) is 11.5. The maximum absolute atomic E-state index is 12.8. The normalized spacial score (nSPS) is 11.1. The fraction of sp³-hybridized carbons (Fsp3) is 0.188. The van der Waals surface area contributed by atoms with Crippen LogP contribution in [-0.4, -0.2) is 18.6 Å². The molecule has 0 aliphatic carbocycles. The number of rotatable bonds is 5. The smallest absolute Gasteiger partial charge is 0.405 e. The van der Waals surface area contributed by atoms with Crippen molar-refractivity contribution in [3.63, 3.8) is 0 Å². The predicted octanol–water partition coefficient (Wildman–Crippen LogP) is 3.70. The van der Waals surface area contributed by atoms with Crippen molar-refractivity contribution in [2.45, 2.75) is 12.8 Å². The number of amides is 1. The Hall–Kier alpha value is -2.57. The second-order valence-electron chi connectivity index (χ2n) is 4.71. The quantitative estimate of drug-likeness (QED) is 0.851. The van der Waals surface area contributed by atoms with Crippen molar-refractivity contribution in [1.82, 2.24) is 5.32 Å². The van der Waals surface area contributed by atoms with Gasteiger partial charge in [-0.15, -0.1) is 0 Å². The van der Waals surface area contributed by atoms with Crippen LogP contribution in [0, 0.1) is 5.82 Å². The molecule has 23 heavy (non-hydrogen) atoms. The molecule has 1 amide bonds. The molecule has 0 atom stereocenters. The van der Waals surface area contributed by atoms with Crippen molar-refractivity contribution in [3.05, 3.63) is 65.5 Å². The van der Waals surface area contributed by atoms with Crippen LogP contribution in [0.15, 0.2) is 48.5 Å². The summed E-state index contributed by atoms with van der Waals surface area (Å²) in [7, 11) is 0. The van der Waals surface area contributed by atoms with Gasteiger partial charge in [0.15, 0.2) is 0 Å². The topological polar surface area (TPSA) is 38.3 Å². The van der Waals surface area contributed by atoms with Gasteiger partial charge in [0.2, 0.25) is 0 Å². The van der Waals surface area contributed by atoms with E-state index in [0.29, 0.717) is 5.56 Å². The van der Waals surface area contributed by atoms with E-state index >= 15 is 0 Å². The number of hydrogen-bond donors (Lipinski definition) is 1. The van der Waals surface area contributed by atoms with Crippen LogP contribution in [0.4, 0.5) is 17.6 Å². The predicted molar refractivity (Wildman–Crippen MR) is 75.6 cm³/mol. The Kier molecular flexibility index (Phi) is 5.20. The first-order chi connectivity index (χ1) is 10.8. The molecule has 0 saturated heterocycles. The van der Waals surface area contributed by atoms with Gasteiger partial charge in [0.05, 0.1) is 5.56 Å². The Morgan fingerprint density at radius 2 is 1.70 bits per heavy atom. The average Bonchev–Trinajstić information content (AvgIpc) is 2.52. The molecular weight excluding hydrogens is 314 g/mol. The summed E-state index contributed by atoms with van der Waals surface area (Å²) in [4.78, 5) is 11.8. The molecule has 7 heteroatoms. The van der Waals surface area contributed by atoms with Crippen molar-refractivity contribution in [1.29, 1.82) is 0 Å². The van der Waals surface area contributed by atoms with Gasteiger partial charge in [-0.25, -0.2) is 4.39 Å². The molecule has 0 bridgehead atoms. The number of para-hydroxylation sites is 1. The number of benzene rings is 2. The first kappa shape index (κ1) is 16.8. The number of carbonyl (C=O) groups is 1. The maximum atomic E-state index is 12.8. The van der Waals surface area contributed by atoms with E-state index in [2.05, 4.69) is 0 Å². The van der Waals surface area contributed by atoms with Crippen molar-refractivity contribution >= 4 is 5.91 Å². The molecule has 3 nitrogen and oxygen atoms in total. The monoisotopic (exact) mass is 327 g/mol. The van der Waals surface area contributed by atoms with Gasteiger partial charge in [-0.05, 0) is 29.8 Å². The highest BCUT2D eigenvalue weighted by atomic mass is 19.4. The van der Waals surface area contributed by atoms with Crippen LogP contribution in [0.5, 0.6) is 5.75 Å². The van der Waals surface area contributed by atoms with Crippen molar-refractivity contribution in [2.24, 2.45) is 0 Å². The molecule has 0 aliphatic rings. The van der Waals surface area contributed by atoms with E-state index in [1.807, 2.05) is 0 Å². The summed E-state index contributed by atoms with van der Waals surface area (Å²) in [5.74, 6) is -1.12. The van der Waals surface area contributed by atoms with Gasteiger partial charge in [0, 0.05) is 0 Å². The van der Waals surface area contributed by atoms with Crippen LogP contribution in [0.1, 0.15) is 15.9 Å². The molecular formula is C16H13F4NO2. The lowest BCUT2D eigenvalue weighted by atomic mass is 10.2. The number of nitrogens with one attached hydrogen (secondary N) is 1. The van der Waals surface area contributed by atoms with E-state index in [-0.39, 0.29) is 23.7 Å². The highest BCUT2D eigenvalue weighted by molar-refractivity contribution is 5.96. The lowest BCUT2D eigenvalue weighted by molar-refractivity contribution is -0.123. The van der Waals surface area contributed by atoms with Crippen LogP contribution >= 0.6 is 0 Å². The minimum atomic E-state index is -4.49. The van der Waals surface area contributed by atoms with Crippen LogP contribution in [-0.2, 0) is 6.61 Å². The third-order valence-electron chi connectivity index (χ3n) is 2.89. The summed E-state index contributed by atoms with van der Waals surface area (Å²) in [6.45, 7) is -1.36. The summed E-state index contributed by atoms with van der Waals surface area (Å²) in [5.41, 5.74) is 0.663. The van der Waals surface area contributed by atoms with Gasteiger partial charge in [-0.1, -0.05) is 24.3 Å². The van der Waals surface area contributed by atoms with E-state index in [4.69, 9.17) is 4.74 Å². The van der Waals surface area contributed by atoms with Gasteiger partial charge < -0.3 is 10.1 Å². The van der Waals surface area contributed by atoms with Crippen LogP contribution < -0.4 is 10.1 Å². The third kappa shape index (κ3) is 5.28. The van der Waals surface area contributed by atoms with E-state index in [9.17, 15) is 22.4 Å². The largest absolute Gasteiger partial charge is 0.488 e. The Bertz CT molecular complexity index is 669. The summed E-state index contributed by atoms with van der Waals surface area (Å²) >= 11 is 0. The zero-order valence-corrected chi connectivity index (χ0v) is 11.9. The van der Waals surface area contributed by atoms with Gasteiger partial charge in [0.25, 0.3) is 5.91 Å². The highest BCUT2D eigenvalue weighted by Gasteiger charge is 2.28. The molecule has 0 saturated carbocycles. The number of ether oxygens (including phenoxy) is 1. The Morgan fingerprint density at radius 1 is 1.04 bits per heavy atom. The van der Waals surface area contributed by atoms with E-state index in [1.165, 1.54) is 42.5 Å². The first-order valence-electron chi connectivity index (χ1n) is 6.66. The summed E-state index contributed by atoms with van der Waals surface area (Å²) in [6.07, 6.45) is -4.49. The zero-order chi connectivity index (χ0) is 16.9. The average molecular weight is 327 g/mol. The maximum Gasteiger partial charge on any atom is 0.405 e. The molecule has 0 unspecified atom stereocenters. The summed E-state index contributed by atoms with van der Waals surface area (Å²) < 4.78 is 54.7. The second-order valence-corrected chi connectivity index (χ2v) is 4.71. The Balaban J connectivity index is 2.05. The molecule has 0 aliphatic heterocycles. The molecule has 0 heterocycles. The van der Waals surface area contributed by atoms with Crippen LogP contribution in [0.3, 0.4) is 0 Å². The standard InChI is InChI=1S/C16H13F4NO2/c17-12-7-5-11(6-8-12)9-23-14-4-2-1-3-13(14)15(22)21-10-16(18,19)20/h1-8H,9-10H2,(H,21,22). The SMILES string of the molecule is O=C(NCC(F)(F)F)c1ccccc1OCc1ccc(F)cc1. The summed E-state index contributed by atoms with van der Waals surface area (Å²) in [5, 5.41) is 1.79. The van der Waals surface area contributed by atoms with Crippen molar-refractivity contribution in [3.8, 4) is 5.75 Å². The van der Waals surface area contributed by atoms with Crippen LogP contribution in [0.2, 0.25) is 0 Å². The molecule has 2 aromatic carbocycles. The van der Waals surface area contributed by atoms with Crippen molar-refractivity contribution in [2.75, 3.05) is 6.54 Å². The molecule has 122 valence electrons. The molecule has 0 aromatic heterocycles. The van der Waals surface area contributed by atoms with E-state index in [0.717, 1.165) is 0 Å². The molecule has 0 spiro atoms. The lowest BCUT2D eigenvalue weighted by Crippen LogP contribution is -2.33. The zero-order valence-electron chi connectivity index (χ0n) is 11.9. The van der Waals surface area contributed by atoms with Gasteiger partial charge in [-0.2, -0.15) is 13.2 Å². The highest BCUT2D eigenvalue weighted by Crippen LogP contribution is 2.20. The second kappa shape index (κ2) is 7.13. The Labute approximate surface area is 129 Å². The molecule has 2 aromatic rings.